The molecule has 0 saturated carbocycles. The van der Waals surface area contributed by atoms with E-state index in [0.29, 0.717) is 11.3 Å². The molecular weight excluding hydrogens is 228 g/mol. The zero-order valence-corrected chi connectivity index (χ0v) is 9.89. The molecule has 4 nitrogen and oxygen atoms in total. The van der Waals surface area contributed by atoms with Gasteiger partial charge in [0, 0.05) is 18.3 Å². The molecule has 0 atom stereocenters. The van der Waals surface area contributed by atoms with Crippen LogP contribution in [0.5, 0.6) is 0 Å². The van der Waals surface area contributed by atoms with Gasteiger partial charge in [0.25, 0.3) is 5.91 Å². The van der Waals surface area contributed by atoms with Crippen molar-refractivity contribution in [3.63, 3.8) is 0 Å². The van der Waals surface area contributed by atoms with Crippen molar-refractivity contribution in [3.05, 3.63) is 29.3 Å². The predicted octanol–water partition coefficient (Wildman–Crippen LogP) is 1.53. The molecule has 0 bridgehead atoms. The molecule has 1 aromatic rings. The number of nitrogens with one attached hydrogen (secondary N) is 2. The average molecular weight is 241 g/mol. The summed E-state index contributed by atoms with van der Waals surface area (Å²) < 4.78 is 0. The molecule has 16 heavy (non-hydrogen) atoms. The maximum atomic E-state index is 11.4. The molecule has 0 spiro atoms. The van der Waals surface area contributed by atoms with Crippen LogP contribution in [0.25, 0.3) is 0 Å². The zero-order valence-electron chi connectivity index (χ0n) is 9.13. The second kappa shape index (κ2) is 5.51. The zero-order chi connectivity index (χ0) is 12.1. The normalized spacial score (nSPS) is 9.69. The van der Waals surface area contributed by atoms with Crippen LogP contribution >= 0.6 is 11.6 Å². The van der Waals surface area contributed by atoms with Crippen LogP contribution in [0.3, 0.4) is 0 Å². The number of anilines is 1. The molecule has 0 aliphatic rings. The second-order valence-electron chi connectivity index (χ2n) is 3.29. The summed E-state index contributed by atoms with van der Waals surface area (Å²) in [7, 11) is 1.55. The van der Waals surface area contributed by atoms with Crippen molar-refractivity contribution in [2.24, 2.45) is 0 Å². The van der Waals surface area contributed by atoms with E-state index in [-0.39, 0.29) is 17.7 Å². The molecule has 86 valence electrons. The quantitative estimate of drug-likeness (QED) is 0.788. The molecule has 2 amide bonds. The number of carbonyl (C=O) groups is 2. The Morgan fingerprint density at radius 2 is 2.06 bits per heavy atom. The van der Waals surface area contributed by atoms with Crippen LogP contribution in [0.4, 0.5) is 5.69 Å². The van der Waals surface area contributed by atoms with Crippen LogP contribution in [-0.2, 0) is 4.79 Å². The third kappa shape index (κ3) is 2.97. The maximum Gasteiger partial charge on any atom is 0.251 e. The minimum absolute atomic E-state index is 0.107. The lowest BCUT2D eigenvalue weighted by molar-refractivity contribution is -0.113. The first-order valence-corrected chi connectivity index (χ1v) is 5.30. The molecule has 0 aromatic heterocycles. The van der Waals surface area contributed by atoms with Crippen LogP contribution in [0, 0.1) is 6.92 Å². The summed E-state index contributed by atoms with van der Waals surface area (Å²) >= 11 is 5.39. The summed E-state index contributed by atoms with van der Waals surface area (Å²) in [4.78, 5) is 22.5. The smallest absolute Gasteiger partial charge is 0.251 e. The van der Waals surface area contributed by atoms with Gasteiger partial charge in [-0.1, -0.05) is 6.07 Å². The van der Waals surface area contributed by atoms with Crippen LogP contribution in [-0.4, -0.2) is 24.7 Å². The van der Waals surface area contributed by atoms with Crippen LogP contribution in [0.1, 0.15) is 15.9 Å². The van der Waals surface area contributed by atoms with Crippen molar-refractivity contribution in [1.29, 1.82) is 0 Å². The van der Waals surface area contributed by atoms with Gasteiger partial charge in [-0.15, -0.1) is 11.6 Å². The topological polar surface area (TPSA) is 58.2 Å². The molecule has 2 N–H and O–H groups in total. The fraction of sp³-hybridized carbons (Fsp3) is 0.273. The van der Waals surface area contributed by atoms with E-state index in [1.807, 2.05) is 6.92 Å². The predicted molar refractivity (Wildman–Crippen MR) is 63.9 cm³/mol. The third-order valence-corrected chi connectivity index (χ3v) is 2.37. The summed E-state index contributed by atoms with van der Waals surface area (Å²) in [5.41, 5.74) is 1.98. The Bertz CT molecular complexity index is 418. The molecule has 5 heteroatoms. The van der Waals surface area contributed by atoms with E-state index >= 15 is 0 Å². The van der Waals surface area contributed by atoms with Crippen molar-refractivity contribution in [2.45, 2.75) is 6.92 Å². The van der Waals surface area contributed by atoms with Gasteiger partial charge in [-0.05, 0) is 24.6 Å². The summed E-state index contributed by atoms with van der Waals surface area (Å²) in [6.45, 7) is 1.84. The number of aryl methyl sites for hydroxylation is 1. The largest absolute Gasteiger partial charge is 0.355 e. The van der Waals surface area contributed by atoms with Gasteiger partial charge in [0.1, 0.15) is 5.88 Å². The number of rotatable bonds is 3. The lowest BCUT2D eigenvalue weighted by Crippen LogP contribution is -2.19. The highest BCUT2D eigenvalue weighted by Gasteiger charge is 2.08. The Hall–Kier alpha value is -1.55. The number of hydrogen-bond acceptors (Lipinski definition) is 2. The van der Waals surface area contributed by atoms with Crippen molar-refractivity contribution >= 4 is 29.1 Å². The number of carbonyl (C=O) groups excluding carboxylic acids is 2. The van der Waals surface area contributed by atoms with Gasteiger partial charge in [-0.3, -0.25) is 9.59 Å². The first kappa shape index (κ1) is 12.5. The van der Waals surface area contributed by atoms with Crippen molar-refractivity contribution in [2.75, 3.05) is 18.2 Å². The number of amides is 2. The van der Waals surface area contributed by atoms with E-state index in [1.54, 1.807) is 25.2 Å². The Balaban J connectivity index is 2.99. The number of halogens is 1. The average Bonchev–Trinajstić information content (AvgIpc) is 2.30. The lowest BCUT2D eigenvalue weighted by Gasteiger charge is -2.08. The standard InChI is InChI=1S/C11H13ClN2O2/c1-7-3-4-8(11(16)13-2)5-9(7)14-10(15)6-12/h3-5H,6H2,1-2H3,(H,13,16)(H,14,15). The Labute approximate surface area is 99.0 Å². The van der Waals surface area contributed by atoms with Gasteiger partial charge < -0.3 is 10.6 Å². The van der Waals surface area contributed by atoms with E-state index in [0.717, 1.165) is 5.56 Å². The molecule has 0 radical (unpaired) electrons. The van der Waals surface area contributed by atoms with Crippen molar-refractivity contribution in [1.82, 2.24) is 5.32 Å². The maximum absolute atomic E-state index is 11.4. The first-order valence-electron chi connectivity index (χ1n) is 4.77. The molecule has 0 saturated heterocycles. The monoisotopic (exact) mass is 240 g/mol. The molecule has 0 aliphatic heterocycles. The van der Waals surface area contributed by atoms with Gasteiger partial charge in [-0.25, -0.2) is 0 Å². The van der Waals surface area contributed by atoms with Crippen LogP contribution in [0.15, 0.2) is 18.2 Å². The van der Waals surface area contributed by atoms with Crippen LogP contribution < -0.4 is 10.6 Å². The highest BCUT2D eigenvalue weighted by Crippen LogP contribution is 2.16. The van der Waals surface area contributed by atoms with Gasteiger partial charge in [0.05, 0.1) is 0 Å². The molecule has 0 heterocycles. The SMILES string of the molecule is CNC(=O)c1ccc(C)c(NC(=O)CCl)c1. The fourth-order valence-corrected chi connectivity index (χ4v) is 1.29. The summed E-state index contributed by atoms with van der Waals surface area (Å²) in [6, 6.07) is 5.09. The molecule has 1 aromatic carbocycles. The Morgan fingerprint density at radius 3 is 2.62 bits per heavy atom. The molecule has 0 unspecified atom stereocenters. The van der Waals surface area contributed by atoms with E-state index in [2.05, 4.69) is 10.6 Å². The van der Waals surface area contributed by atoms with E-state index in [4.69, 9.17) is 11.6 Å². The molecule has 0 aliphatic carbocycles. The second-order valence-corrected chi connectivity index (χ2v) is 3.56. The van der Waals surface area contributed by atoms with Gasteiger partial charge >= 0.3 is 0 Å². The first-order chi connectivity index (χ1) is 7.58. The number of hydrogen-bond donors (Lipinski definition) is 2. The fourth-order valence-electron chi connectivity index (χ4n) is 1.23. The number of alkyl halides is 1. The minimum Gasteiger partial charge on any atom is -0.355 e. The van der Waals surface area contributed by atoms with Gasteiger partial charge in [-0.2, -0.15) is 0 Å². The lowest BCUT2D eigenvalue weighted by atomic mass is 10.1. The van der Waals surface area contributed by atoms with Crippen molar-refractivity contribution < 1.29 is 9.59 Å². The third-order valence-electron chi connectivity index (χ3n) is 2.12. The highest BCUT2D eigenvalue weighted by atomic mass is 35.5. The van der Waals surface area contributed by atoms with E-state index < -0.39 is 0 Å². The Morgan fingerprint density at radius 1 is 1.38 bits per heavy atom. The number of benzene rings is 1. The van der Waals surface area contributed by atoms with E-state index in [1.165, 1.54) is 0 Å². The Kier molecular flexibility index (Phi) is 4.31. The molecule has 0 fully saturated rings. The van der Waals surface area contributed by atoms with E-state index in [9.17, 15) is 9.59 Å². The molecule has 1 rings (SSSR count). The van der Waals surface area contributed by atoms with Gasteiger partial charge in [0.15, 0.2) is 0 Å². The van der Waals surface area contributed by atoms with Crippen molar-refractivity contribution in [3.8, 4) is 0 Å². The summed E-state index contributed by atoms with van der Waals surface area (Å²) in [6.07, 6.45) is 0. The van der Waals surface area contributed by atoms with Gasteiger partial charge in [0.2, 0.25) is 5.91 Å². The van der Waals surface area contributed by atoms with Crippen LogP contribution in [0.2, 0.25) is 0 Å². The molecular formula is C11H13ClN2O2. The summed E-state index contributed by atoms with van der Waals surface area (Å²) in [5.74, 6) is -0.593. The minimum atomic E-state index is -0.293. The summed E-state index contributed by atoms with van der Waals surface area (Å²) in [5, 5.41) is 5.15. The highest BCUT2D eigenvalue weighted by molar-refractivity contribution is 6.29.